The summed E-state index contributed by atoms with van der Waals surface area (Å²) in [7, 11) is 0. The smallest absolute Gasteiger partial charge is 0.115 e. The van der Waals surface area contributed by atoms with Gasteiger partial charge in [-0.15, -0.1) is 0 Å². The molecule has 1 aliphatic rings. The monoisotopic (exact) mass is 189 g/mol. The van der Waals surface area contributed by atoms with Crippen molar-refractivity contribution in [1.29, 1.82) is 0 Å². The molecular weight excluding hydrogens is 174 g/mol. The van der Waals surface area contributed by atoms with E-state index < -0.39 is 0 Å². The number of aromatic nitrogens is 2. The van der Waals surface area contributed by atoms with E-state index in [0.717, 1.165) is 12.1 Å². The third-order valence-electron chi connectivity index (χ3n) is 2.44. The van der Waals surface area contributed by atoms with Crippen molar-refractivity contribution in [3.05, 3.63) is 36.4 Å². The van der Waals surface area contributed by atoms with Crippen molar-refractivity contribution in [1.82, 2.24) is 15.3 Å². The second-order valence-electron chi connectivity index (χ2n) is 3.59. The first kappa shape index (κ1) is 9.34. The van der Waals surface area contributed by atoms with Gasteiger partial charge in [-0.05, 0) is 19.3 Å². The Hall–Kier alpha value is -1.22. The van der Waals surface area contributed by atoms with Crippen molar-refractivity contribution in [2.45, 2.75) is 31.8 Å². The lowest BCUT2D eigenvalue weighted by atomic mass is 10.0. The van der Waals surface area contributed by atoms with Crippen molar-refractivity contribution in [2.24, 2.45) is 0 Å². The fourth-order valence-corrected chi connectivity index (χ4v) is 1.65. The molecule has 0 bridgehead atoms. The first-order chi connectivity index (χ1) is 6.95. The zero-order valence-corrected chi connectivity index (χ0v) is 8.19. The first-order valence-corrected chi connectivity index (χ1v) is 5.09. The standard InChI is InChI=1S/C11H15N3/c1-2-4-11(5-3-1)14-8-10-6-12-9-13-7-10/h2,4,6-7,9,11,14H,1,3,5,8H2. The Morgan fingerprint density at radius 1 is 1.36 bits per heavy atom. The number of hydrogen-bond acceptors (Lipinski definition) is 3. The van der Waals surface area contributed by atoms with Crippen molar-refractivity contribution >= 4 is 0 Å². The molecule has 0 aromatic carbocycles. The van der Waals surface area contributed by atoms with Crippen molar-refractivity contribution in [3.8, 4) is 0 Å². The summed E-state index contributed by atoms with van der Waals surface area (Å²) >= 11 is 0. The SMILES string of the molecule is C1=CC(NCc2cncnc2)CCC1. The van der Waals surface area contributed by atoms with Gasteiger partial charge < -0.3 is 5.32 Å². The Labute approximate surface area is 84.3 Å². The average molecular weight is 189 g/mol. The van der Waals surface area contributed by atoms with Crippen LogP contribution >= 0.6 is 0 Å². The van der Waals surface area contributed by atoms with Gasteiger partial charge in [0.05, 0.1) is 0 Å². The van der Waals surface area contributed by atoms with Crippen molar-refractivity contribution in [2.75, 3.05) is 0 Å². The predicted molar refractivity (Wildman–Crippen MR) is 55.7 cm³/mol. The fourth-order valence-electron chi connectivity index (χ4n) is 1.65. The van der Waals surface area contributed by atoms with E-state index in [9.17, 15) is 0 Å². The highest BCUT2D eigenvalue weighted by molar-refractivity contribution is 5.04. The molecule has 3 heteroatoms. The molecule has 0 saturated carbocycles. The highest BCUT2D eigenvalue weighted by Gasteiger charge is 2.06. The lowest BCUT2D eigenvalue weighted by Gasteiger charge is -2.17. The van der Waals surface area contributed by atoms with Crippen LogP contribution in [0.25, 0.3) is 0 Å². The van der Waals surface area contributed by atoms with Gasteiger partial charge in [-0.3, -0.25) is 0 Å². The van der Waals surface area contributed by atoms with E-state index in [4.69, 9.17) is 0 Å². The van der Waals surface area contributed by atoms with Gasteiger partial charge in [-0.1, -0.05) is 12.2 Å². The van der Waals surface area contributed by atoms with Crippen LogP contribution < -0.4 is 5.32 Å². The molecule has 0 amide bonds. The maximum atomic E-state index is 3.98. The average Bonchev–Trinajstić information content (AvgIpc) is 2.29. The van der Waals surface area contributed by atoms with E-state index >= 15 is 0 Å². The summed E-state index contributed by atoms with van der Waals surface area (Å²) < 4.78 is 0. The van der Waals surface area contributed by atoms with E-state index in [1.165, 1.54) is 19.3 Å². The topological polar surface area (TPSA) is 37.8 Å². The zero-order chi connectivity index (χ0) is 9.64. The normalized spacial score (nSPS) is 21.0. The second-order valence-corrected chi connectivity index (χ2v) is 3.59. The van der Waals surface area contributed by atoms with E-state index in [1.807, 2.05) is 12.4 Å². The van der Waals surface area contributed by atoms with Crippen LogP contribution in [0.2, 0.25) is 0 Å². The summed E-state index contributed by atoms with van der Waals surface area (Å²) in [5.74, 6) is 0. The molecule has 1 heterocycles. The molecular formula is C11H15N3. The zero-order valence-electron chi connectivity index (χ0n) is 8.19. The Kier molecular flexibility index (Phi) is 3.24. The summed E-state index contributed by atoms with van der Waals surface area (Å²) in [6, 6.07) is 0.531. The third kappa shape index (κ3) is 2.64. The number of rotatable bonds is 3. The lowest BCUT2D eigenvalue weighted by Crippen LogP contribution is -2.27. The molecule has 1 unspecified atom stereocenters. The summed E-state index contributed by atoms with van der Waals surface area (Å²) in [6.45, 7) is 0.857. The Bertz CT molecular complexity index is 295. The van der Waals surface area contributed by atoms with E-state index in [-0.39, 0.29) is 0 Å². The van der Waals surface area contributed by atoms with Crippen LogP contribution in [0.4, 0.5) is 0 Å². The van der Waals surface area contributed by atoms with Gasteiger partial charge in [0.1, 0.15) is 6.33 Å². The van der Waals surface area contributed by atoms with Gasteiger partial charge in [0.2, 0.25) is 0 Å². The minimum Gasteiger partial charge on any atom is -0.306 e. The molecule has 1 N–H and O–H groups in total. The van der Waals surface area contributed by atoms with Gasteiger partial charge in [0.25, 0.3) is 0 Å². The fraction of sp³-hybridized carbons (Fsp3) is 0.455. The molecule has 1 aliphatic carbocycles. The maximum absolute atomic E-state index is 3.98. The largest absolute Gasteiger partial charge is 0.306 e. The Balaban J connectivity index is 1.82. The van der Waals surface area contributed by atoms with E-state index in [2.05, 4.69) is 27.4 Å². The first-order valence-electron chi connectivity index (χ1n) is 5.09. The Morgan fingerprint density at radius 2 is 2.21 bits per heavy atom. The van der Waals surface area contributed by atoms with Crippen LogP contribution in [0.15, 0.2) is 30.9 Å². The van der Waals surface area contributed by atoms with Gasteiger partial charge in [0.15, 0.2) is 0 Å². The second kappa shape index (κ2) is 4.86. The lowest BCUT2D eigenvalue weighted by molar-refractivity contribution is 0.521. The number of allylic oxidation sites excluding steroid dienone is 1. The molecule has 1 atom stereocenters. The number of hydrogen-bond donors (Lipinski definition) is 1. The molecule has 0 saturated heterocycles. The van der Waals surface area contributed by atoms with Gasteiger partial charge in [-0.25, -0.2) is 9.97 Å². The van der Waals surface area contributed by atoms with E-state index in [0.29, 0.717) is 6.04 Å². The maximum Gasteiger partial charge on any atom is 0.115 e. The molecule has 0 fully saturated rings. The quantitative estimate of drug-likeness (QED) is 0.735. The van der Waals surface area contributed by atoms with Crippen LogP contribution in [0, 0.1) is 0 Å². The molecule has 3 nitrogen and oxygen atoms in total. The molecule has 2 rings (SSSR count). The van der Waals surface area contributed by atoms with Crippen LogP contribution in [-0.4, -0.2) is 16.0 Å². The summed E-state index contributed by atoms with van der Waals surface area (Å²) in [5.41, 5.74) is 1.14. The molecule has 1 aromatic heterocycles. The van der Waals surface area contributed by atoms with Gasteiger partial charge >= 0.3 is 0 Å². The highest BCUT2D eigenvalue weighted by Crippen LogP contribution is 2.10. The van der Waals surface area contributed by atoms with Crippen LogP contribution in [-0.2, 0) is 6.54 Å². The highest BCUT2D eigenvalue weighted by atomic mass is 14.9. The molecule has 1 aromatic rings. The van der Waals surface area contributed by atoms with Crippen molar-refractivity contribution < 1.29 is 0 Å². The van der Waals surface area contributed by atoms with Gasteiger partial charge in [0, 0.05) is 30.5 Å². The van der Waals surface area contributed by atoms with Crippen molar-refractivity contribution in [3.63, 3.8) is 0 Å². The summed E-state index contributed by atoms with van der Waals surface area (Å²) in [6.07, 6.45) is 13.5. The molecule has 74 valence electrons. The van der Waals surface area contributed by atoms with E-state index in [1.54, 1.807) is 6.33 Å². The Morgan fingerprint density at radius 3 is 2.93 bits per heavy atom. The molecule has 0 radical (unpaired) electrons. The van der Waals surface area contributed by atoms with Crippen LogP contribution in [0.5, 0.6) is 0 Å². The van der Waals surface area contributed by atoms with Crippen LogP contribution in [0.1, 0.15) is 24.8 Å². The minimum atomic E-state index is 0.531. The minimum absolute atomic E-state index is 0.531. The predicted octanol–water partition coefficient (Wildman–Crippen LogP) is 1.67. The summed E-state index contributed by atoms with van der Waals surface area (Å²) in [4.78, 5) is 7.96. The van der Waals surface area contributed by atoms with Crippen LogP contribution in [0.3, 0.4) is 0 Å². The number of nitrogens with one attached hydrogen (secondary N) is 1. The third-order valence-corrected chi connectivity index (χ3v) is 2.44. The molecule has 0 spiro atoms. The molecule has 0 aliphatic heterocycles. The summed E-state index contributed by atoms with van der Waals surface area (Å²) in [5, 5.41) is 3.47. The molecule has 14 heavy (non-hydrogen) atoms. The number of nitrogens with zero attached hydrogens (tertiary/aromatic N) is 2. The van der Waals surface area contributed by atoms with Gasteiger partial charge in [-0.2, -0.15) is 0 Å².